The van der Waals surface area contributed by atoms with E-state index in [1.165, 1.54) is 0 Å². The zero-order valence-corrected chi connectivity index (χ0v) is 11.5. The number of hydrogen-bond donors (Lipinski definition) is 1. The number of hydrogen-bond acceptors (Lipinski definition) is 4. The zero-order valence-electron chi connectivity index (χ0n) is 11.5. The Morgan fingerprint density at radius 3 is 2.63 bits per heavy atom. The number of furan rings is 1. The van der Waals surface area contributed by atoms with Crippen LogP contribution in [-0.2, 0) is 6.54 Å². The summed E-state index contributed by atoms with van der Waals surface area (Å²) in [6, 6.07) is 9.57. The molecule has 0 saturated carbocycles. The van der Waals surface area contributed by atoms with Crippen LogP contribution < -0.4 is 14.8 Å². The number of nitrogens with one attached hydrogen (secondary N) is 1. The molecule has 19 heavy (non-hydrogen) atoms. The molecule has 1 heterocycles. The highest BCUT2D eigenvalue weighted by atomic mass is 16.5. The average molecular weight is 261 g/mol. The third-order valence-corrected chi connectivity index (χ3v) is 2.88. The maximum atomic E-state index is 5.82. The van der Waals surface area contributed by atoms with E-state index in [1.54, 1.807) is 14.2 Å². The molecule has 0 fully saturated rings. The van der Waals surface area contributed by atoms with Crippen LogP contribution in [0.2, 0.25) is 0 Å². The first-order valence-corrected chi connectivity index (χ1v) is 6.30. The molecule has 1 aromatic heterocycles. The van der Waals surface area contributed by atoms with Crippen LogP contribution in [0, 0.1) is 0 Å². The molecule has 0 unspecified atom stereocenters. The maximum absolute atomic E-state index is 5.82. The number of rotatable bonds is 6. The maximum Gasteiger partial charge on any atom is 0.138 e. The molecule has 0 aliphatic carbocycles. The van der Waals surface area contributed by atoms with Crippen molar-refractivity contribution in [3.05, 3.63) is 36.1 Å². The van der Waals surface area contributed by atoms with Gasteiger partial charge in [-0.15, -0.1) is 0 Å². The van der Waals surface area contributed by atoms with E-state index in [-0.39, 0.29) is 0 Å². The van der Waals surface area contributed by atoms with Crippen molar-refractivity contribution in [1.29, 1.82) is 0 Å². The quantitative estimate of drug-likeness (QED) is 0.868. The first-order valence-electron chi connectivity index (χ1n) is 6.30. The summed E-state index contributed by atoms with van der Waals surface area (Å²) in [5.41, 5.74) is 0.893. The van der Waals surface area contributed by atoms with Gasteiger partial charge in [0.1, 0.15) is 23.0 Å². The van der Waals surface area contributed by atoms with E-state index in [1.807, 2.05) is 30.3 Å². The van der Waals surface area contributed by atoms with E-state index in [9.17, 15) is 0 Å². The van der Waals surface area contributed by atoms with Crippen molar-refractivity contribution < 1.29 is 13.9 Å². The summed E-state index contributed by atoms with van der Waals surface area (Å²) in [4.78, 5) is 0. The Morgan fingerprint density at radius 2 is 1.95 bits per heavy atom. The Morgan fingerprint density at radius 1 is 1.11 bits per heavy atom. The highest BCUT2D eigenvalue weighted by molar-refractivity contribution is 5.68. The van der Waals surface area contributed by atoms with Crippen LogP contribution in [0.3, 0.4) is 0 Å². The van der Waals surface area contributed by atoms with Crippen molar-refractivity contribution in [2.24, 2.45) is 0 Å². The van der Waals surface area contributed by atoms with E-state index in [2.05, 4.69) is 12.2 Å². The lowest BCUT2D eigenvalue weighted by Gasteiger charge is -2.08. The Balaban J connectivity index is 2.31. The first-order chi connectivity index (χ1) is 9.28. The third kappa shape index (κ3) is 3.09. The molecule has 2 rings (SSSR count). The predicted octanol–water partition coefficient (Wildman–Crippen LogP) is 3.07. The van der Waals surface area contributed by atoms with Gasteiger partial charge in [-0.05, 0) is 36.9 Å². The summed E-state index contributed by atoms with van der Waals surface area (Å²) in [7, 11) is 3.29. The first kappa shape index (κ1) is 13.5. The third-order valence-electron chi connectivity index (χ3n) is 2.88. The van der Waals surface area contributed by atoms with Gasteiger partial charge in [-0.3, -0.25) is 0 Å². The summed E-state index contributed by atoms with van der Waals surface area (Å²) in [6.07, 6.45) is 0. The number of ether oxygens (including phenoxy) is 2. The van der Waals surface area contributed by atoms with Crippen molar-refractivity contribution in [2.45, 2.75) is 13.5 Å². The van der Waals surface area contributed by atoms with Crippen LogP contribution in [-0.4, -0.2) is 20.8 Å². The van der Waals surface area contributed by atoms with Crippen molar-refractivity contribution in [3.63, 3.8) is 0 Å². The van der Waals surface area contributed by atoms with Gasteiger partial charge >= 0.3 is 0 Å². The van der Waals surface area contributed by atoms with E-state index in [0.29, 0.717) is 0 Å². The number of methoxy groups -OCH3 is 2. The van der Waals surface area contributed by atoms with Gasteiger partial charge in [-0.25, -0.2) is 0 Å². The molecule has 0 saturated heterocycles. The molecule has 0 radical (unpaired) electrons. The van der Waals surface area contributed by atoms with E-state index < -0.39 is 0 Å². The fraction of sp³-hybridized carbons (Fsp3) is 0.333. The summed E-state index contributed by atoms with van der Waals surface area (Å²) >= 11 is 0. The van der Waals surface area contributed by atoms with Crippen LogP contribution in [0.5, 0.6) is 11.5 Å². The average Bonchev–Trinajstić information content (AvgIpc) is 2.93. The topological polar surface area (TPSA) is 43.6 Å². The Hall–Kier alpha value is -1.94. The van der Waals surface area contributed by atoms with Gasteiger partial charge in [-0.2, -0.15) is 0 Å². The Labute approximate surface area is 113 Å². The molecule has 0 bridgehead atoms. The van der Waals surface area contributed by atoms with Gasteiger partial charge < -0.3 is 19.2 Å². The molecular weight excluding hydrogens is 242 g/mol. The minimum absolute atomic E-state index is 0.725. The summed E-state index contributed by atoms with van der Waals surface area (Å²) in [5.74, 6) is 3.23. The van der Waals surface area contributed by atoms with Crippen molar-refractivity contribution in [1.82, 2.24) is 5.32 Å². The van der Waals surface area contributed by atoms with Crippen LogP contribution in [0.1, 0.15) is 12.7 Å². The lowest BCUT2D eigenvalue weighted by molar-refractivity contribution is 0.402. The second kappa shape index (κ2) is 6.29. The highest BCUT2D eigenvalue weighted by Gasteiger charge is 2.11. The van der Waals surface area contributed by atoms with Gasteiger partial charge in [0, 0.05) is 0 Å². The molecule has 1 N–H and O–H groups in total. The van der Waals surface area contributed by atoms with Gasteiger partial charge in [0.05, 0.1) is 26.3 Å². The van der Waals surface area contributed by atoms with Gasteiger partial charge in [0.2, 0.25) is 0 Å². The molecule has 0 amide bonds. The largest absolute Gasteiger partial charge is 0.497 e. The van der Waals surface area contributed by atoms with Crippen molar-refractivity contribution in [3.8, 4) is 22.8 Å². The van der Waals surface area contributed by atoms with Crippen molar-refractivity contribution in [2.75, 3.05) is 20.8 Å². The van der Waals surface area contributed by atoms with Crippen molar-refractivity contribution >= 4 is 0 Å². The lowest BCUT2D eigenvalue weighted by atomic mass is 10.1. The molecular formula is C15H19NO3. The van der Waals surface area contributed by atoms with Crippen LogP contribution >= 0.6 is 0 Å². The second-order valence-electron chi connectivity index (χ2n) is 4.11. The van der Waals surface area contributed by atoms with Crippen LogP contribution in [0.4, 0.5) is 0 Å². The fourth-order valence-corrected chi connectivity index (χ4v) is 1.87. The normalized spacial score (nSPS) is 10.5. The monoisotopic (exact) mass is 261 g/mol. The minimum Gasteiger partial charge on any atom is -0.497 e. The van der Waals surface area contributed by atoms with E-state index in [0.717, 1.165) is 41.7 Å². The standard InChI is InChI=1S/C15H19NO3/c1-4-16-10-12-6-8-15(19-12)13-9-11(17-2)5-7-14(13)18-3/h5-9,16H,4,10H2,1-3H3. The molecule has 0 spiro atoms. The summed E-state index contributed by atoms with van der Waals surface area (Å²) in [6.45, 7) is 3.70. The molecule has 102 valence electrons. The van der Waals surface area contributed by atoms with Gasteiger partial charge in [0.25, 0.3) is 0 Å². The van der Waals surface area contributed by atoms with Crippen LogP contribution in [0.25, 0.3) is 11.3 Å². The van der Waals surface area contributed by atoms with Gasteiger partial charge in [0.15, 0.2) is 0 Å². The SMILES string of the molecule is CCNCc1ccc(-c2cc(OC)ccc2OC)o1. The van der Waals surface area contributed by atoms with Crippen LogP contribution in [0.15, 0.2) is 34.7 Å². The Bertz CT molecular complexity index is 534. The molecule has 0 atom stereocenters. The predicted molar refractivity (Wildman–Crippen MR) is 74.6 cm³/mol. The van der Waals surface area contributed by atoms with Gasteiger partial charge in [-0.1, -0.05) is 6.92 Å². The molecule has 4 heteroatoms. The summed E-state index contributed by atoms with van der Waals surface area (Å²) < 4.78 is 16.4. The summed E-state index contributed by atoms with van der Waals surface area (Å²) in [5, 5.41) is 3.23. The Kier molecular flexibility index (Phi) is 4.47. The van der Waals surface area contributed by atoms with E-state index in [4.69, 9.17) is 13.9 Å². The second-order valence-corrected chi connectivity index (χ2v) is 4.11. The minimum atomic E-state index is 0.725. The smallest absolute Gasteiger partial charge is 0.138 e. The molecule has 0 aliphatic heterocycles. The molecule has 2 aromatic rings. The number of benzene rings is 1. The van der Waals surface area contributed by atoms with E-state index >= 15 is 0 Å². The fourth-order valence-electron chi connectivity index (χ4n) is 1.87. The molecule has 0 aliphatic rings. The highest BCUT2D eigenvalue weighted by Crippen LogP contribution is 2.34. The molecule has 1 aromatic carbocycles. The molecule has 4 nitrogen and oxygen atoms in total. The zero-order chi connectivity index (χ0) is 13.7. The lowest BCUT2D eigenvalue weighted by Crippen LogP contribution is -2.10.